The monoisotopic (exact) mass is 1080 g/mol. The summed E-state index contributed by atoms with van der Waals surface area (Å²) in [5.41, 5.74) is 22.2. The molecule has 4 heteroatoms. The first-order chi connectivity index (χ1) is 40.9. The lowest BCUT2D eigenvalue weighted by molar-refractivity contribution is 0.591. The van der Waals surface area contributed by atoms with E-state index in [1.165, 1.54) is 143 Å². The van der Waals surface area contributed by atoms with Crippen LogP contribution in [0, 0.1) is 0 Å². The van der Waals surface area contributed by atoms with Crippen LogP contribution in [0.25, 0.3) is 132 Å². The summed E-state index contributed by atoms with van der Waals surface area (Å²) in [7, 11) is 0. The molecule has 404 valence electrons. The SMILES string of the molecule is CC(C)(C)c1ccc2c(c1)c1ccccc1n2-c1cccc(-c2cccc(-n3c4ccccc4c4cc(C(C)(C)C)ccc43)c2)c1.c1cc(-c2cccc(-n3c4ccccc4c4ccccc43)c2)cc(-n2c3ccccc3c3ccccc32)c1. The van der Waals surface area contributed by atoms with Crippen molar-refractivity contribution in [3.8, 4) is 45.0 Å². The highest BCUT2D eigenvalue weighted by Crippen LogP contribution is 2.40. The van der Waals surface area contributed by atoms with Crippen LogP contribution in [0.5, 0.6) is 0 Å². The molecule has 0 radical (unpaired) electrons. The maximum Gasteiger partial charge on any atom is 0.0541 e. The summed E-state index contributed by atoms with van der Waals surface area (Å²) >= 11 is 0. The van der Waals surface area contributed by atoms with Crippen molar-refractivity contribution in [1.82, 2.24) is 18.3 Å². The third-order valence-electron chi connectivity index (χ3n) is 17.3. The van der Waals surface area contributed by atoms with Crippen LogP contribution in [0.3, 0.4) is 0 Å². The van der Waals surface area contributed by atoms with Crippen LogP contribution in [-0.4, -0.2) is 18.3 Å². The minimum absolute atomic E-state index is 0.0908. The fourth-order valence-corrected chi connectivity index (χ4v) is 13.1. The normalized spacial score (nSPS) is 12.2. The highest BCUT2D eigenvalue weighted by Gasteiger charge is 2.21. The fraction of sp³-hybridized carbons (Fsp3) is 0.100. The first-order valence-electron chi connectivity index (χ1n) is 29.4. The van der Waals surface area contributed by atoms with E-state index in [-0.39, 0.29) is 10.8 Å². The summed E-state index contributed by atoms with van der Waals surface area (Å²) in [5.74, 6) is 0. The van der Waals surface area contributed by atoms with Crippen LogP contribution in [0.2, 0.25) is 0 Å². The number of rotatable bonds is 6. The van der Waals surface area contributed by atoms with E-state index in [0.29, 0.717) is 0 Å². The molecule has 0 bridgehead atoms. The molecule has 4 nitrogen and oxygen atoms in total. The topological polar surface area (TPSA) is 19.7 Å². The third-order valence-corrected chi connectivity index (χ3v) is 17.3. The highest BCUT2D eigenvalue weighted by atomic mass is 15.0. The maximum absolute atomic E-state index is 2.42. The molecular weight excluding hydrogens is 1020 g/mol. The van der Waals surface area contributed by atoms with Gasteiger partial charge in [0.2, 0.25) is 0 Å². The summed E-state index contributed by atoms with van der Waals surface area (Å²) < 4.78 is 9.60. The quantitative estimate of drug-likeness (QED) is 0.158. The molecule has 0 saturated carbocycles. The van der Waals surface area contributed by atoms with Crippen LogP contribution in [0.15, 0.2) is 279 Å². The number of para-hydroxylation sites is 6. The molecule has 0 aliphatic rings. The van der Waals surface area contributed by atoms with E-state index in [1.807, 2.05) is 0 Å². The molecule has 0 spiro atoms. The number of nitrogens with zero attached hydrogens (tertiary/aromatic N) is 4. The zero-order valence-electron chi connectivity index (χ0n) is 48.3. The Hall–Kier alpha value is -10.2. The first kappa shape index (κ1) is 50.8. The molecule has 4 aromatic heterocycles. The molecule has 16 aromatic rings. The molecule has 0 fully saturated rings. The zero-order chi connectivity index (χ0) is 56.8. The molecule has 0 aliphatic carbocycles. The number of benzene rings is 12. The van der Waals surface area contributed by atoms with Gasteiger partial charge in [-0.15, -0.1) is 0 Å². The van der Waals surface area contributed by atoms with Crippen molar-refractivity contribution in [3.05, 3.63) is 290 Å². The standard InChI is InChI=1S/C44H40N2.C36H24N2/c1-43(2,3)31-21-23-41-37(27-31)35-17-7-9-19-39(35)45(41)33-15-11-13-29(25-33)30-14-12-16-34(26-30)46-40-20-10-8-18-36(40)38-28-32(44(4,5)6)22-24-42(38)46;1-5-19-33-29(15-1)30-16-2-6-20-34(30)37(33)27-13-9-11-25(23-27)26-12-10-14-28(24-26)38-35-21-7-3-17-31(35)32-18-4-8-22-36(32)38/h7-28H,1-6H3;1-24H. The Labute approximate surface area is 490 Å². The van der Waals surface area contributed by atoms with Crippen molar-refractivity contribution in [2.24, 2.45) is 0 Å². The number of hydrogen-bond acceptors (Lipinski definition) is 0. The summed E-state index contributed by atoms with van der Waals surface area (Å²) in [6, 6.07) is 102. The average Bonchev–Trinajstić information content (AvgIpc) is 3.25. The number of fused-ring (bicyclic) bond motifs is 12. The van der Waals surface area contributed by atoms with Gasteiger partial charge in [0.05, 0.1) is 44.1 Å². The smallest absolute Gasteiger partial charge is 0.0541 e. The van der Waals surface area contributed by atoms with Gasteiger partial charge >= 0.3 is 0 Å². The summed E-state index contributed by atoms with van der Waals surface area (Å²) in [4.78, 5) is 0. The average molecular weight is 1080 g/mol. The lowest BCUT2D eigenvalue weighted by atomic mass is 9.86. The van der Waals surface area contributed by atoms with Crippen molar-refractivity contribution < 1.29 is 0 Å². The first-order valence-corrected chi connectivity index (χ1v) is 29.4. The number of hydrogen-bond donors (Lipinski definition) is 0. The Morgan fingerprint density at radius 3 is 0.643 bits per heavy atom. The van der Waals surface area contributed by atoms with Crippen molar-refractivity contribution in [2.45, 2.75) is 52.4 Å². The Morgan fingerprint density at radius 2 is 0.405 bits per heavy atom. The van der Waals surface area contributed by atoms with Crippen LogP contribution in [0.1, 0.15) is 52.7 Å². The van der Waals surface area contributed by atoms with Crippen LogP contribution in [-0.2, 0) is 10.8 Å². The summed E-state index contributed by atoms with van der Waals surface area (Å²) in [6.07, 6.45) is 0. The second-order valence-corrected chi connectivity index (χ2v) is 24.6. The molecular formula is C80H64N4. The molecule has 0 unspecified atom stereocenters. The molecule has 0 aliphatic heterocycles. The van der Waals surface area contributed by atoms with Gasteiger partial charge in [0.15, 0.2) is 0 Å². The summed E-state index contributed by atoms with van der Waals surface area (Å²) in [6.45, 7) is 13.7. The summed E-state index contributed by atoms with van der Waals surface area (Å²) in [5, 5.41) is 10.3. The Morgan fingerprint density at radius 1 is 0.190 bits per heavy atom. The van der Waals surface area contributed by atoms with E-state index < -0.39 is 0 Å². The minimum atomic E-state index is 0.0908. The molecule has 0 atom stereocenters. The lowest BCUT2D eigenvalue weighted by Crippen LogP contribution is -2.10. The molecule has 4 heterocycles. The van der Waals surface area contributed by atoms with Gasteiger partial charge in [0.1, 0.15) is 0 Å². The van der Waals surface area contributed by atoms with Crippen LogP contribution < -0.4 is 0 Å². The highest BCUT2D eigenvalue weighted by molar-refractivity contribution is 6.12. The van der Waals surface area contributed by atoms with Crippen molar-refractivity contribution in [1.29, 1.82) is 0 Å². The zero-order valence-corrected chi connectivity index (χ0v) is 48.3. The van der Waals surface area contributed by atoms with Crippen LogP contribution in [0.4, 0.5) is 0 Å². The predicted molar refractivity (Wildman–Crippen MR) is 359 cm³/mol. The Bertz CT molecular complexity index is 4800. The molecule has 84 heavy (non-hydrogen) atoms. The van der Waals surface area contributed by atoms with E-state index >= 15 is 0 Å². The van der Waals surface area contributed by atoms with Crippen LogP contribution >= 0.6 is 0 Å². The van der Waals surface area contributed by atoms with Gasteiger partial charge < -0.3 is 18.3 Å². The molecule has 0 N–H and O–H groups in total. The fourth-order valence-electron chi connectivity index (χ4n) is 13.1. The van der Waals surface area contributed by atoms with Crippen molar-refractivity contribution >= 4 is 87.2 Å². The van der Waals surface area contributed by atoms with Gasteiger partial charge in [0, 0.05) is 65.8 Å². The lowest BCUT2D eigenvalue weighted by Gasteiger charge is -2.19. The minimum Gasteiger partial charge on any atom is -0.309 e. The second-order valence-electron chi connectivity index (χ2n) is 24.6. The predicted octanol–water partition coefficient (Wildman–Crippen LogP) is 21.7. The van der Waals surface area contributed by atoms with Gasteiger partial charge in [-0.25, -0.2) is 0 Å². The molecule has 0 amide bonds. The number of aromatic nitrogens is 4. The molecule has 16 rings (SSSR count). The Balaban J connectivity index is 0.000000145. The van der Waals surface area contributed by atoms with E-state index in [9.17, 15) is 0 Å². The maximum atomic E-state index is 2.42. The van der Waals surface area contributed by atoms with E-state index in [4.69, 9.17) is 0 Å². The van der Waals surface area contributed by atoms with Gasteiger partial charge in [0.25, 0.3) is 0 Å². The largest absolute Gasteiger partial charge is 0.309 e. The van der Waals surface area contributed by atoms with E-state index in [1.54, 1.807) is 0 Å². The van der Waals surface area contributed by atoms with Gasteiger partial charge in [-0.05, 0) is 153 Å². The Kier molecular flexibility index (Phi) is 12.0. The molecule has 0 saturated heterocycles. The van der Waals surface area contributed by atoms with Crippen molar-refractivity contribution in [2.75, 3.05) is 0 Å². The van der Waals surface area contributed by atoms with Gasteiger partial charge in [-0.2, -0.15) is 0 Å². The van der Waals surface area contributed by atoms with Crippen molar-refractivity contribution in [3.63, 3.8) is 0 Å². The molecule has 12 aromatic carbocycles. The van der Waals surface area contributed by atoms with Gasteiger partial charge in [-0.1, -0.05) is 211 Å². The van der Waals surface area contributed by atoms with E-state index in [2.05, 4.69) is 339 Å². The van der Waals surface area contributed by atoms with E-state index in [0.717, 1.165) is 0 Å². The third kappa shape index (κ3) is 8.51. The van der Waals surface area contributed by atoms with Gasteiger partial charge in [-0.3, -0.25) is 0 Å². The second kappa shape index (κ2) is 19.8.